The molecule has 0 saturated carbocycles. The zero-order chi connectivity index (χ0) is 15.6. The third-order valence-corrected chi connectivity index (χ3v) is 4.81. The molecule has 4 rings (SSSR count). The Hall–Kier alpha value is -2.46. The lowest BCUT2D eigenvalue weighted by Gasteiger charge is -2.02. The third kappa shape index (κ3) is 2.90. The molecule has 0 spiro atoms. The van der Waals surface area contributed by atoms with E-state index in [2.05, 4.69) is 58.1 Å². The van der Waals surface area contributed by atoms with Gasteiger partial charge in [-0.25, -0.2) is 4.98 Å². The minimum absolute atomic E-state index is 0.831. The van der Waals surface area contributed by atoms with Crippen molar-refractivity contribution in [3.63, 3.8) is 0 Å². The Labute approximate surface area is 139 Å². The first-order valence-electron chi connectivity index (χ1n) is 7.73. The summed E-state index contributed by atoms with van der Waals surface area (Å²) in [5.41, 5.74) is 10.3. The number of thiazole rings is 1. The molecule has 3 nitrogen and oxygen atoms in total. The number of hydrogen-bond acceptors (Lipinski definition) is 4. The van der Waals surface area contributed by atoms with Gasteiger partial charge in [0.2, 0.25) is 5.13 Å². The summed E-state index contributed by atoms with van der Waals surface area (Å²) in [6.07, 6.45) is 2.06. The highest BCUT2D eigenvalue weighted by Crippen LogP contribution is 2.26. The van der Waals surface area contributed by atoms with E-state index in [1.54, 1.807) is 11.3 Å². The lowest BCUT2D eigenvalue weighted by Crippen LogP contribution is -2.00. The number of nitrogens with one attached hydrogen (secondary N) is 1. The normalized spacial score (nSPS) is 14.9. The molecule has 0 amide bonds. The molecule has 1 aliphatic carbocycles. The Balaban J connectivity index is 1.55. The summed E-state index contributed by atoms with van der Waals surface area (Å²) < 4.78 is 0. The van der Waals surface area contributed by atoms with Crippen LogP contribution in [0, 0.1) is 6.92 Å². The topological polar surface area (TPSA) is 37.3 Å². The summed E-state index contributed by atoms with van der Waals surface area (Å²) in [5, 5.41) is 7.49. The largest absolute Gasteiger partial charge is 0.252 e. The van der Waals surface area contributed by atoms with Gasteiger partial charge in [-0.2, -0.15) is 5.10 Å². The van der Waals surface area contributed by atoms with E-state index in [1.807, 2.05) is 18.2 Å². The minimum Gasteiger partial charge on any atom is -0.252 e. The summed E-state index contributed by atoms with van der Waals surface area (Å²) >= 11 is 1.58. The van der Waals surface area contributed by atoms with E-state index in [-0.39, 0.29) is 0 Å². The summed E-state index contributed by atoms with van der Waals surface area (Å²) in [7, 11) is 0. The predicted octanol–water partition coefficient (Wildman–Crippen LogP) is 4.88. The number of benzene rings is 2. The third-order valence-electron chi connectivity index (χ3n) is 4.07. The maximum absolute atomic E-state index is 4.62. The monoisotopic (exact) mass is 319 g/mol. The van der Waals surface area contributed by atoms with Crippen LogP contribution in [0.4, 0.5) is 5.13 Å². The molecule has 114 valence electrons. The van der Waals surface area contributed by atoms with Crippen LogP contribution in [0.3, 0.4) is 0 Å². The van der Waals surface area contributed by atoms with E-state index >= 15 is 0 Å². The zero-order valence-electron chi connectivity index (χ0n) is 12.9. The molecule has 0 radical (unpaired) electrons. The highest BCUT2D eigenvalue weighted by Gasteiger charge is 2.17. The molecule has 0 fully saturated rings. The van der Waals surface area contributed by atoms with E-state index in [9.17, 15) is 0 Å². The fourth-order valence-electron chi connectivity index (χ4n) is 2.86. The van der Waals surface area contributed by atoms with Crippen LogP contribution in [-0.2, 0) is 6.42 Å². The summed E-state index contributed by atoms with van der Waals surface area (Å²) in [4.78, 5) is 4.62. The molecule has 2 aromatic carbocycles. The van der Waals surface area contributed by atoms with Gasteiger partial charge in [-0.05, 0) is 31.4 Å². The second kappa shape index (κ2) is 5.97. The first-order valence-corrected chi connectivity index (χ1v) is 8.61. The smallest absolute Gasteiger partial charge is 0.203 e. The van der Waals surface area contributed by atoms with Crippen LogP contribution in [0.2, 0.25) is 0 Å². The van der Waals surface area contributed by atoms with Crippen molar-refractivity contribution in [2.75, 3.05) is 5.43 Å². The Kier molecular flexibility index (Phi) is 3.67. The molecule has 1 N–H and O–H groups in total. The van der Waals surface area contributed by atoms with Gasteiger partial charge in [0.05, 0.1) is 11.4 Å². The van der Waals surface area contributed by atoms with Gasteiger partial charge in [-0.3, -0.25) is 5.43 Å². The molecular weight excluding hydrogens is 302 g/mol. The van der Waals surface area contributed by atoms with Gasteiger partial charge in [-0.1, -0.05) is 48.0 Å². The van der Waals surface area contributed by atoms with Crippen molar-refractivity contribution in [2.45, 2.75) is 19.8 Å². The minimum atomic E-state index is 0.831. The van der Waals surface area contributed by atoms with E-state index in [0.717, 1.165) is 34.9 Å². The summed E-state index contributed by atoms with van der Waals surface area (Å²) in [5.74, 6) is 0. The van der Waals surface area contributed by atoms with Crippen LogP contribution < -0.4 is 5.43 Å². The van der Waals surface area contributed by atoms with E-state index < -0.39 is 0 Å². The SMILES string of the molecule is Cc1ccc2c(c1)/C(=N/Nc1nc(-c3ccccc3)cs1)CC2. The average molecular weight is 319 g/mol. The van der Waals surface area contributed by atoms with Gasteiger partial charge < -0.3 is 0 Å². The summed E-state index contributed by atoms with van der Waals surface area (Å²) in [6, 6.07) is 16.8. The number of aromatic nitrogens is 1. The molecule has 0 unspecified atom stereocenters. The number of anilines is 1. The number of nitrogens with zero attached hydrogens (tertiary/aromatic N) is 2. The Morgan fingerprint density at radius 1 is 1.09 bits per heavy atom. The van der Waals surface area contributed by atoms with Crippen LogP contribution in [-0.4, -0.2) is 10.7 Å². The van der Waals surface area contributed by atoms with Gasteiger partial charge in [-0.15, -0.1) is 11.3 Å². The van der Waals surface area contributed by atoms with Crippen molar-refractivity contribution < 1.29 is 0 Å². The number of fused-ring (bicyclic) bond motifs is 1. The highest BCUT2D eigenvalue weighted by molar-refractivity contribution is 7.14. The molecule has 1 heterocycles. The lowest BCUT2D eigenvalue weighted by molar-refractivity contribution is 1.09. The fourth-order valence-corrected chi connectivity index (χ4v) is 3.52. The number of aryl methyl sites for hydroxylation is 2. The maximum Gasteiger partial charge on any atom is 0.203 e. The average Bonchev–Trinajstić information content (AvgIpc) is 3.20. The molecule has 1 aromatic heterocycles. The zero-order valence-corrected chi connectivity index (χ0v) is 13.7. The number of rotatable bonds is 3. The number of hydrogen-bond donors (Lipinski definition) is 1. The Morgan fingerprint density at radius 3 is 2.83 bits per heavy atom. The predicted molar refractivity (Wildman–Crippen MR) is 97.2 cm³/mol. The molecule has 0 saturated heterocycles. The summed E-state index contributed by atoms with van der Waals surface area (Å²) in [6.45, 7) is 2.12. The Bertz CT molecular complexity index is 865. The highest BCUT2D eigenvalue weighted by atomic mass is 32.1. The van der Waals surface area contributed by atoms with Crippen LogP contribution >= 0.6 is 11.3 Å². The second-order valence-corrected chi connectivity index (χ2v) is 6.59. The maximum atomic E-state index is 4.62. The van der Waals surface area contributed by atoms with E-state index in [0.29, 0.717) is 0 Å². The van der Waals surface area contributed by atoms with Crippen molar-refractivity contribution >= 4 is 22.2 Å². The van der Waals surface area contributed by atoms with Crippen molar-refractivity contribution in [1.29, 1.82) is 0 Å². The quantitative estimate of drug-likeness (QED) is 0.699. The van der Waals surface area contributed by atoms with Crippen molar-refractivity contribution in [1.82, 2.24) is 4.98 Å². The fraction of sp³-hybridized carbons (Fsp3) is 0.158. The van der Waals surface area contributed by atoms with Crippen molar-refractivity contribution in [3.05, 3.63) is 70.6 Å². The molecular formula is C19H17N3S. The van der Waals surface area contributed by atoms with Crippen LogP contribution in [0.1, 0.15) is 23.1 Å². The lowest BCUT2D eigenvalue weighted by atomic mass is 10.1. The van der Waals surface area contributed by atoms with Crippen molar-refractivity contribution in [3.8, 4) is 11.3 Å². The molecule has 0 atom stereocenters. The first-order chi connectivity index (χ1) is 11.3. The van der Waals surface area contributed by atoms with E-state index in [4.69, 9.17) is 0 Å². The van der Waals surface area contributed by atoms with E-state index in [1.165, 1.54) is 16.7 Å². The van der Waals surface area contributed by atoms with Gasteiger partial charge in [0.25, 0.3) is 0 Å². The molecule has 1 aliphatic rings. The molecule has 0 aliphatic heterocycles. The van der Waals surface area contributed by atoms with Gasteiger partial charge >= 0.3 is 0 Å². The van der Waals surface area contributed by atoms with Gasteiger partial charge in [0, 0.05) is 16.5 Å². The van der Waals surface area contributed by atoms with Gasteiger partial charge in [0.1, 0.15) is 0 Å². The second-order valence-electron chi connectivity index (χ2n) is 5.73. The molecule has 0 bridgehead atoms. The van der Waals surface area contributed by atoms with Crippen molar-refractivity contribution in [2.24, 2.45) is 5.10 Å². The standard InChI is InChI=1S/C19H17N3S/c1-13-7-8-14-9-10-17(16(14)11-13)21-22-19-20-18(12-23-19)15-5-3-2-4-6-15/h2-8,11-12H,9-10H2,1H3,(H,20,22)/b21-17+. The first kappa shape index (κ1) is 14.2. The Morgan fingerprint density at radius 2 is 1.96 bits per heavy atom. The number of hydrazone groups is 1. The van der Waals surface area contributed by atoms with Crippen LogP contribution in [0.5, 0.6) is 0 Å². The molecule has 4 heteroatoms. The molecule has 23 heavy (non-hydrogen) atoms. The van der Waals surface area contributed by atoms with Gasteiger partial charge in [0.15, 0.2) is 0 Å². The van der Waals surface area contributed by atoms with Crippen LogP contribution in [0.15, 0.2) is 59.0 Å². The molecule has 3 aromatic rings. The van der Waals surface area contributed by atoms with Crippen LogP contribution in [0.25, 0.3) is 11.3 Å².